The highest BCUT2D eigenvalue weighted by atomic mass is 15.4. The number of rotatable bonds is 23. The molecule has 2 heteroatoms. The molecule has 31 heavy (non-hydrogen) atoms. The van der Waals surface area contributed by atoms with Crippen LogP contribution < -0.4 is 0 Å². The fourth-order valence-corrected chi connectivity index (χ4v) is 4.95. The molecule has 0 fully saturated rings. The SMILES string of the molecule is CCCCCCCCCCCN1C=CN(CCCCCCC)C1CCCCCCCC. The molecule has 0 aromatic heterocycles. The molecular weight excluding hydrogens is 376 g/mol. The number of hydrogen-bond donors (Lipinski definition) is 0. The Labute approximate surface area is 197 Å². The topological polar surface area (TPSA) is 6.48 Å². The lowest BCUT2D eigenvalue weighted by molar-refractivity contribution is 0.135. The Balaban J connectivity index is 2.26. The Hall–Kier alpha value is -0.660. The highest BCUT2D eigenvalue weighted by Gasteiger charge is 2.24. The molecule has 184 valence electrons. The van der Waals surface area contributed by atoms with Crippen LogP contribution in [0.1, 0.15) is 156 Å². The van der Waals surface area contributed by atoms with Crippen LogP contribution in [-0.2, 0) is 0 Å². The van der Waals surface area contributed by atoms with Crippen LogP contribution in [0.2, 0.25) is 0 Å². The average molecular weight is 435 g/mol. The van der Waals surface area contributed by atoms with Crippen molar-refractivity contribution in [2.24, 2.45) is 0 Å². The van der Waals surface area contributed by atoms with Gasteiger partial charge in [0.2, 0.25) is 0 Å². The molecule has 1 heterocycles. The molecule has 0 bridgehead atoms. The van der Waals surface area contributed by atoms with E-state index in [1.807, 2.05) is 0 Å². The van der Waals surface area contributed by atoms with Gasteiger partial charge in [-0.05, 0) is 25.7 Å². The van der Waals surface area contributed by atoms with Crippen molar-refractivity contribution in [1.82, 2.24) is 9.80 Å². The summed E-state index contributed by atoms with van der Waals surface area (Å²) in [6, 6.07) is 0. The maximum absolute atomic E-state index is 2.68. The van der Waals surface area contributed by atoms with E-state index in [-0.39, 0.29) is 0 Å². The molecule has 0 saturated carbocycles. The van der Waals surface area contributed by atoms with Crippen LogP contribution in [0.3, 0.4) is 0 Å². The summed E-state index contributed by atoms with van der Waals surface area (Å²) in [5, 5.41) is 0. The van der Waals surface area contributed by atoms with Gasteiger partial charge in [0.1, 0.15) is 6.17 Å². The van der Waals surface area contributed by atoms with Crippen molar-refractivity contribution in [3.05, 3.63) is 12.4 Å². The molecule has 0 radical (unpaired) electrons. The quantitative estimate of drug-likeness (QED) is 0.148. The third-order valence-corrected chi connectivity index (χ3v) is 7.07. The molecule has 0 amide bonds. The maximum atomic E-state index is 2.68. The van der Waals surface area contributed by atoms with Crippen molar-refractivity contribution in [2.75, 3.05) is 13.1 Å². The number of hydrogen-bond acceptors (Lipinski definition) is 2. The molecular formula is C29H58N2. The van der Waals surface area contributed by atoms with E-state index < -0.39 is 0 Å². The molecule has 0 aromatic carbocycles. The molecule has 2 nitrogen and oxygen atoms in total. The van der Waals surface area contributed by atoms with Crippen molar-refractivity contribution < 1.29 is 0 Å². The predicted octanol–water partition coefficient (Wildman–Crippen LogP) is 9.65. The standard InChI is InChI=1S/C29H58N2/c1-4-7-10-13-15-16-17-20-23-26-31-28-27-30(25-22-19-12-9-6-3)29(31)24-21-18-14-11-8-5-2/h27-29H,4-26H2,1-3H3. The van der Waals surface area contributed by atoms with Crippen LogP contribution >= 0.6 is 0 Å². The first kappa shape index (κ1) is 28.4. The van der Waals surface area contributed by atoms with Crippen LogP contribution in [0, 0.1) is 0 Å². The summed E-state index contributed by atoms with van der Waals surface area (Å²) in [6.07, 6.45) is 35.0. The van der Waals surface area contributed by atoms with Gasteiger partial charge < -0.3 is 9.80 Å². The van der Waals surface area contributed by atoms with Gasteiger partial charge in [-0.25, -0.2) is 0 Å². The molecule has 1 atom stereocenters. The Morgan fingerprint density at radius 2 is 0.742 bits per heavy atom. The van der Waals surface area contributed by atoms with Crippen LogP contribution in [0.15, 0.2) is 12.4 Å². The first-order valence-electron chi connectivity index (χ1n) is 14.5. The van der Waals surface area contributed by atoms with E-state index in [0.29, 0.717) is 6.17 Å². The Morgan fingerprint density at radius 1 is 0.419 bits per heavy atom. The summed E-state index contributed by atoms with van der Waals surface area (Å²) in [7, 11) is 0. The lowest BCUT2D eigenvalue weighted by Gasteiger charge is -2.33. The van der Waals surface area contributed by atoms with Gasteiger partial charge in [0.25, 0.3) is 0 Å². The minimum Gasteiger partial charge on any atom is -0.356 e. The van der Waals surface area contributed by atoms with Gasteiger partial charge in [0, 0.05) is 25.5 Å². The van der Waals surface area contributed by atoms with E-state index in [0.717, 1.165) is 0 Å². The molecule has 0 N–H and O–H groups in total. The Kier molecular flexibility index (Phi) is 19.4. The van der Waals surface area contributed by atoms with E-state index in [1.54, 1.807) is 0 Å². The number of nitrogens with zero attached hydrogens (tertiary/aromatic N) is 2. The minimum atomic E-state index is 0.645. The van der Waals surface area contributed by atoms with Crippen LogP contribution in [0.4, 0.5) is 0 Å². The van der Waals surface area contributed by atoms with Gasteiger partial charge in [-0.3, -0.25) is 0 Å². The van der Waals surface area contributed by atoms with E-state index in [1.165, 1.54) is 148 Å². The van der Waals surface area contributed by atoms with E-state index in [2.05, 4.69) is 43.0 Å². The molecule has 1 aliphatic rings. The Bertz CT molecular complexity index is 392. The fraction of sp³-hybridized carbons (Fsp3) is 0.931. The summed E-state index contributed by atoms with van der Waals surface area (Å²) in [6.45, 7) is 9.45. The van der Waals surface area contributed by atoms with Crippen molar-refractivity contribution in [3.63, 3.8) is 0 Å². The lowest BCUT2D eigenvalue weighted by atomic mass is 10.1. The zero-order valence-corrected chi connectivity index (χ0v) is 21.9. The minimum absolute atomic E-state index is 0.645. The summed E-state index contributed by atoms with van der Waals surface area (Å²) in [5.41, 5.74) is 0. The molecule has 0 aromatic rings. The lowest BCUT2D eigenvalue weighted by Crippen LogP contribution is -2.39. The highest BCUT2D eigenvalue weighted by molar-refractivity contribution is 4.97. The van der Waals surface area contributed by atoms with Crippen LogP contribution in [0.5, 0.6) is 0 Å². The third kappa shape index (κ3) is 14.9. The largest absolute Gasteiger partial charge is 0.356 e. The first-order valence-corrected chi connectivity index (χ1v) is 14.5. The highest BCUT2D eigenvalue weighted by Crippen LogP contribution is 2.23. The van der Waals surface area contributed by atoms with Crippen LogP contribution in [-0.4, -0.2) is 29.1 Å². The molecule has 0 saturated heterocycles. The first-order chi connectivity index (χ1) is 15.3. The molecule has 1 unspecified atom stereocenters. The van der Waals surface area contributed by atoms with Gasteiger partial charge in [-0.15, -0.1) is 0 Å². The van der Waals surface area contributed by atoms with Gasteiger partial charge in [-0.1, -0.05) is 130 Å². The van der Waals surface area contributed by atoms with Gasteiger partial charge >= 0.3 is 0 Å². The van der Waals surface area contributed by atoms with Crippen molar-refractivity contribution in [2.45, 2.75) is 162 Å². The van der Waals surface area contributed by atoms with E-state index >= 15 is 0 Å². The third-order valence-electron chi connectivity index (χ3n) is 7.07. The van der Waals surface area contributed by atoms with E-state index in [9.17, 15) is 0 Å². The summed E-state index contributed by atoms with van der Waals surface area (Å²) in [5.74, 6) is 0. The van der Waals surface area contributed by atoms with Gasteiger partial charge in [0.15, 0.2) is 0 Å². The molecule has 0 aliphatic carbocycles. The zero-order valence-electron chi connectivity index (χ0n) is 21.9. The summed E-state index contributed by atoms with van der Waals surface area (Å²) in [4.78, 5) is 5.35. The predicted molar refractivity (Wildman–Crippen MR) is 140 cm³/mol. The van der Waals surface area contributed by atoms with Crippen molar-refractivity contribution >= 4 is 0 Å². The van der Waals surface area contributed by atoms with Gasteiger partial charge in [0.05, 0.1) is 0 Å². The monoisotopic (exact) mass is 434 g/mol. The normalized spacial score (nSPS) is 16.0. The smallest absolute Gasteiger partial charge is 0.101 e. The second-order valence-corrected chi connectivity index (χ2v) is 10.1. The van der Waals surface area contributed by atoms with Gasteiger partial charge in [-0.2, -0.15) is 0 Å². The summed E-state index contributed by atoms with van der Waals surface area (Å²) >= 11 is 0. The van der Waals surface area contributed by atoms with Crippen molar-refractivity contribution in [3.8, 4) is 0 Å². The van der Waals surface area contributed by atoms with Crippen molar-refractivity contribution in [1.29, 1.82) is 0 Å². The summed E-state index contributed by atoms with van der Waals surface area (Å²) < 4.78 is 0. The number of unbranched alkanes of at least 4 members (excludes halogenated alkanes) is 17. The average Bonchev–Trinajstić information content (AvgIpc) is 3.16. The van der Waals surface area contributed by atoms with E-state index in [4.69, 9.17) is 0 Å². The fourth-order valence-electron chi connectivity index (χ4n) is 4.95. The second-order valence-electron chi connectivity index (χ2n) is 10.1. The molecule has 1 rings (SSSR count). The Morgan fingerprint density at radius 3 is 1.13 bits per heavy atom. The second kappa shape index (κ2) is 21.2. The zero-order chi connectivity index (χ0) is 22.4. The molecule has 1 aliphatic heterocycles. The van der Waals surface area contributed by atoms with Crippen LogP contribution in [0.25, 0.3) is 0 Å². The maximum Gasteiger partial charge on any atom is 0.101 e. The molecule has 0 spiro atoms.